The van der Waals surface area contributed by atoms with Crippen molar-refractivity contribution in [1.29, 1.82) is 0 Å². The van der Waals surface area contributed by atoms with E-state index in [9.17, 15) is 19.2 Å². The zero-order chi connectivity index (χ0) is 24.1. The second-order valence-electron chi connectivity index (χ2n) is 8.34. The number of piperidine rings is 1. The Morgan fingerprint density at radius 1 is 1.03 bits per heavy atom. The smallest absolute Gasteiger partial charge is 0.338 e. The molecule has 2 atom stereocenters. The predicted molar refractivity (Wildman–Crippen MR) is 125 cm³/mol. The molecule has 2 fully saturated rings. The van der Waals surface area contributed by atoms with Gasteiger partial charge in [0.2, 0.25) is 5.91 Å². The molecule has 0 bridgehead atoms. The summed E-state index contributed by atoms with van der Waals surface area (Å²) in [5, 5.41) is 3.23. The van der Waals surface area contributed by atoms with Gasteiger partial charge in [0.25, 0.3) is 5.91 Å². The first-order valence-electron chi connectivity index (χ1n) is 11.2. The summed E-state index contributed by atoms with van der Waals surface area (Å²) in [5.74, 6) is -1.48. The summed E-state index contributed by atoms with van der Waals surface area (Å²) < 4.78 is 10.7. The van der Waals surface area contributed by atoms with Crippen molar-refractivity contribution in [3.63, 3.8) is 0 Å². The van der Waals surface area contributed by atoms with Crippen LogP contribution in [0.2, 0.25) is 5.02 Å². The highest BCUT2D eigenvalue weighted by atomic mass is 35.5. The van der Waals surface area contributed by atoms with Crippen LogP contribution in [-0.4, -0.2) is 60.4 Å². The lowest BCUT2D eigenvalue weighted by Crippen LogP contribution is -2.56. The number of amides is 2. The lowest BCUT2D eigenvalue weighted by Gasteiger charge is -2.41. The number of nitrogens with zero attached hydrogens (tertiary/aromatic N) is 1. The standard InChI is InChI=1S/C25H25ClN2O6/c26-18-8-4-16(5-9-18)21(29)15-34-25(32)17-6-10-19(11-7-17)27-23(30)13-22-24(31)28-12-2-1-3-20(28)14-33-22/h4-11,20,22H,1-3,12-15H2,(H,27,30). The Morgan fingerprint density at radius 2 is 1.74 bits per heavy atom. The van der Waals surface area contributed by atoms with E-state index >= 15 is 0 Å². The summed E-state index contributed by atoms with van der Waals surface area (Å²) in [6.07, 6.45) is 2.16. The summed E-state index contributed by atoms with van der Waals surface area (Å²) >= 11 is 5.80. The zero-order valence-corrected chi connectivity index (χ0v) is 19.3. The molecule has 2 saturated heterocycles. The Kier molecular flexibility index (Phi) is 7.59. The van der Waals surface area contributed by atoms with E-state index in [0.29, 0.717) is 29.4 Å². The molecule has 1 N–H and O–H groups in total. The van der Waals surface area contributed by atoms with Crippen molar-refractivity contribution in [1.82, 2.24) is 4.90 Å². The number of carbonyl (C=O) groups excluding carboxylic acids is 4. The second kappa shape index (κ2) is 10.8. The van der Waals surface area contributed by atoms with E-state index in [0.717, 1.165) is 19.3 Å². The van der Waals surface area contributed by atoms with E-state index in [2.05, 4.69) is 5.32 Å². The Bertz CT molecular complexity index is 1070. The topological polar surface area (TPSA) is 102 Å². The van der Waals surface area contributed by atoms with Crippen molar-refractivity contribution in [2.24, 2.45) is 0 Å². The van der Waals surface area contributed by atoms with Crippen molar-refractivity contribution < 1.29 is 28.7 Å². The van der Waals surface area contributed by atoms with Gasteiger partial charge in [-0.15, -0.1) is 0 Å². The van der Waals surface area contributed by atoms with Crippen molar-refractivity contribution in [2.75, 3.05) is 25.1 Å². The molecule has 0 aromatic heterocycles. The highest BCUT2D eigenvalue weighted by molar-refractivity contribution is 6.30. The number of rotatable bonds is 7. The minimum atomic E-state index is -0.776. The van der Waals surface area contributed by atoms with Gasteiger partial charge in [-0.3, -0.25) is 14.4 Å². The van der Waals surface area contributed by atoms with Crippen LogP contribution in [-0.2, 0) is 19.1 Å². The molecule has 2 aliphatic heterocycles. The molecule has 0 radical (unpaired) electrons. The Balaban J connectivity index is 1.25. The Morgan fingerprint density at radius 3 is 2.47 bits per heavy atom. The number of esters is 1. The predicted octanol–water partition coefficient (Wildman–Crippen LogP) is 3.49. The van der Waals surface area contributed by atoms with Crippen LogP contribution in [0.5, 0.6) is 0 Å². The van der Waals surface area contributed by atoms with E-state index in [-0.39, 0.29) is 35.6 Å². The van der Waals surface area contributed by atoms with Crippen LogP contribution in [0, 0.1) is 0 Å². The number of anilines is 1. The first kappa shape index (κ1) is 23.9. The van der Waals surface area contributed by atoms with Crippen LogP contribution in [0.1, 0.15) is 46.4 Å². The van der Waals surface area contributed by atoms with Crippen LogP contribution in [0.15, 0.2) is 48.5 Å². The highest BCUT2D eigenvalue weighted by Crippen LogP contribution is 2.24. The number of Topliss-reactive ketones (excluding diaryl/α,β-unsaturated/α-hetero) is 1. The molecule has 2 unspecified atom stereocenters. The van der Waals surface area contributed by atoms with Gasteiger partial charge in [0.1, 0.15) is 6.10 Å². The van der Waals surface area contributed by atoms with Crippen LogP contribution in [0.4, 0.5) is 5.69 Å². The van der Waals surface area contributed by atoms with E-state index in [1.54, 1.807) is 36.4 Å². The number of benzene rings is 2. The van der Waals surface area contributed by atoms with Gasteiger partial charge in [-0.2, -0.15) is 0 Å². The number of halogens is 1. The molecule has 0 aliphatic carbocycles. The molecule has 8 nitrogen and oxygen atoms in total. The van der Waals surface area contributed by atoms with Gasteiger partial charge < -0.3 is 19.7 Å². The summed E-state index contributed by atoms with van der Waals surface area (Å²) in [5.41, 5.74) is 1.10. The molecular formula is C25H25ClN2O6. The molecule has 0 saturated carbocycles. The number of ketones is 1. The fraction of sp³-hybridized carbons (Fsp3) is 0.360. The van der Waals surface area contributed by atoms with Gasteiger partial charge in [-0.1, -0.05) is 11.6 Å². The fourth-order valence-corrected chi connectivity index (χ4v) is 4.22. The van der Waals surface area contributed by atoms with Crippen molar-refractivity contribution in [2.45, 2.75) is 37.8 Å². The minimum absolute atomic E-state index is 0.0708. The van der Waals surface area contributed by atoms with Crippen LogP contribution in [0.3, 0.4) is 0 Å². The van der Waals surface area contributed by atoms with E-state index < -0.39 is 18.7 Å². The maximum Gasteiger partial charge on any atom is 0.338 e. The molecule has 2 aliphatic rings. The second-order valence-corrected chi connectivity index (χ2v) is 8.78. The average Bonchev–Trinajstić information content (AvgIpc) is 2.85. The number of hydrogen-bond acceptors (Lipinski definition) is 6. The zero-order valence-electron chi connectivity index (χ0n) is 18.5. The molecule has 2 aromatic carbocycles. The first-order valence-corrected chi connectivity index (χ1v) is 11.6. The lowest BCUT2D eigenvalue weighted by molar-refractivity contribution is -0.163. The molecule has 9 heteroatoms. The monoisotopic (exact) mass is 484 g/mol. The number of carbonyl (C=O) groups is 4. The maximum absolute atomic E-state index is 12.6. The van der Waals surface area contributed by atoms with Crippen molar-refractivity contribution in [3.05, 3.63) is 64.7 Å². The Labute approximate surface area is 202 Å². The summed E-state index contributed by atoms with van der Waals surface area (Å²) in [7, 11) is 0. The van der Waals surface area contributed by atoms with E-state index in [1.807, 2.05) is 4.90 Å². The Hall–Kier alpha value is -3.23. The van der Waals surface area contributed by atoms with Crippen LogP contribution in [0.25, 0.3) is 0 Å². The minimum Gasteiger partial charge on any atom is -0.454 e. The summed E-state index contributed by atoms with van der Waals surface area (Å²) in [6.45, 7) is 0.779. The van der Waals surface area contributed by atoms with Crippen LogP contribution >= 0.6 is 11.6 Å². The SMILES string of the molecule is O=C(CC1OCC2CCCCN2C1=O)Nc1ccc(C(=O)OCC(=O)c2ccc(Cl)cc2)cc1. The molecule has 178 valence electrons. The summed E-state index contributed by atoms with van der Waals surface area (Å²) in [6, 6.07) is 12.5. The normalized spacial score (nSPS) is 19.8. The molecule has 4 rings (SSSR count). The van der Waals surface area contributed by atoms with E-state index in [4.69, 9.17) is 21.1 Å². The third-order valence-corrected chi connectivity index (χ3v) is 6.20. The van der Waals surface area contributed by atoms with E-state index in [1.165, 1.54) is 12.1 Å². The third-order valence-electron chi connectivity index (χ3n) is 5.95. The molecule has 34 heavy (non-hydrogen) atoms. The quantitative estimate of drug-likeness (QED) is 0.477. The number of ether oxygens (including phenoxy) is 2. The van der Waals surface area contributed by atoms with Crippen LogP contribution < -0.4 is 5.32 Å². The summed E-state index contributed by atoms with van der Waals surface area (Å²) in [4.78, 5) is 51.3. The van der Waals surface area contributed by atoms with Crippen molar-refractivity contribution >= 4 is 40.9 Å². The molecule has 0 spiro atoms. The fourth-order valence-electron chi connectivity index (χ4n) is 4.10. The van der Waals surface area contributed by atoms with Gasteiger partial charge in [0.05, 0.1) is 24.6 Å². The number of fused-ring (bicyclic) bond motifs is 1. The molecule has 2 aromatic rings. The number of morpholine rings is 1. The van der Waals surface area contributed by atoms with Gasteiger partial charge in [-0.25, -0.2) is 4.79 Å². The van der Waals surface area contributed by atoms with Crippen molar-refractivity contribution in [3.8, 4) is 0 Å². The van der Waals surface area contributed by atoms with Gasteiger partial charge in [0, 0.05) is 22.8 Å². The lowest BCUT2D eigenvalue weighted by atomic mass is 9.99. The maximum atomic E-state index is 12.6. The average molecular weight is 485 g/mol. The number of hydrogen-bond donors (Lipinski definition) is 1. The van der Waals surface area contributed by atoms with Gasteiger partial charge >= 0.3 is 5.97 Å². The third kappa shape index (κ3) is 5.81. The first-order chi connectivity index (χ1) is 16.4. The highest BCUT2D eigenvalue weighted by Gasteiger charge is 2.38. The van der Waals surface area contributed by atoms with Gasteiger partial charge in [-0.05, 0) is 67.8 Å². The molecular weight excluding hydrogens is 460 g/mol. The largest absolute Gasteiger partial charge is 0.454 e. The number of nitrogens with one attached hydrogen (secondary N) is 1. The molecule has 2 amide bonds. The van der Waals surface area contributed by atoms with Gasteiger partial charge in [0.15, 0.2) is 12.4 Å². The molecule has 2 heterocycles.